The van der Waals surface area contributed by atoms with Crippen molar-refractivity contribution in [2.24, 2.45) is 0 Å². The summed E-state index contributed by atoms with van der Waals surface area (Å²) in [4.78, 5) is 6.51. The maximum Gasteiger partial charge on any atom is 0.129 e. The van der Waals surface area contributed by atoms with Gasteiger partial charge in [-0.1, -0.05) is 31.5 Å². The summed E-state index contributed by atoms with van der Waals surface area (Å²) in [5, 5.41) is 1.57. The third-order valence-electron chi connectivity index (χ3n) is 4.57. The van der Waals surface area contributed by atoms with Crippen molar-refractivity contribution in [1.82, 2.24) is 9.88 Å². The van der Waals surface area contributed by atoms with Crippen LogP contribution in [0.3, 0.4) is 0 Å². The molecule has 0 spiro atoms. The fraction of sp³-hybridized carbons (Fsp3) is 0.250. The molecule has 1 heterocycles. The second-order valence-electron chi connectivity index (χ2n) is 5.97. The van der Waals surface area contributed by atoms with Gasteiger partial charge in [0.25, 0.3) is 0 Å². The van der Waals surface area contributed by atoms with Gasteiger partial charge >= 0.3 is 0 Å². The van der Waals surface area contributed by atoms with Crippen molar-refractivity contribution in [3.8, 4) is 11.1 Å². The molecular weight excluding hydrogens is 337 g/mol. The van der Waals surface area contributed by atoms with Crippen molar-refractivity contribution in [1.29, 1.82) is 0 Å². The van der Waals surface area contributed by atoms with Crippen LogP contribution < -0.4 is 5.73 Å². The van der Waals surface area contributed by atoms with Crippen LogP contribution in [-0.2, 0) is 6.54 Å². The van der Waals surface area contributed by atoms with Crippen LogP contribution in [0, 0.1) is 5.82 Å². The number of nitrogen functional groups attached to an aromatic ring is 1. The number of fused-ring (bicyclic) bond motifs is 1. The molecule has 0 aliphatic rings. The van der Waals surface area contributed by atoms with E-state index in [1.54, 1.807) is 12.3 Å². The van der Waals surface area contributed by atoms with Gasteiger partial charge in [0.1, 0.15) is 5.82 Å². The predicted molar refractivity (Wildman–Crippen MR) is 103 cm³/mol. The van der Waals surface area contributed by atoms with E-state index < -0.39 is 0 Å². The Kier molecular flexibility index (Phi) is 5.21. The van der Waals surface area contributed by atoms with Crippen LogP contribution >= 0.6 is 11.6 Å². The summed E-state index contributed by atoms with van der Waals surface area (Å²) in [7, 11) is 0. The maximum atomic E-state index is 14.4. The average Bonchev–Trinajstić information content (AvgIpc) is 2.61. The molecule has 0 atom stereocenters. The fourth-order valence-electron chi connectivity index (χ4n) is 3.06. The number of benzene rings is 2. The van der Waals surface area contributed by atoms with Crippen LogP contribution in [-0.4, -0.2) is 23.0 Å². The Hall–Kier alpha value is -2.17. The van der Waals surface area contributed by atoms with Crippen LogP contribution in [0.1, 0.15) is 19.4 Å². The number of halogens is 2. The largest absolute Gasteiger partial charge is 0.398 e. The lowest BCUT2D eigenvalue weighted by molar-refractivity contribution is 0.292. The number of hydrogen-bond acceptors (Lipinski definition) is 3. The quantitative estimate of drug-likeness (QED) is 0.644. The lowest BCUT2D eigenvalue weighted by Gasteiger charge is -2.21. The van der Waals surface area contributed by atoms with E-state index >= 15 is 0 Å². The number of nitrogens with two attached hydrogens (primary N) is 1. The number of hydrogen-bond donors (Lipinski definition) is 1. The van der Waals surface area contributed by atoms with Gasteiger partial charge in [0.2, 0.25) is 0 Å². The number of anilines is 1. The van der Waals surface area contributed by atoms with Crippen molar-refractivity contribution in [2.75, 3.05) is 18.8 Å². The van der Waals surface area contributed by atoms with Crippen molar-refractivity contribution < 1.29 is 4.39 Å². The summed E-state index contributed by atoms with van der Waals surface area (Å²) in [6.45, 7) is 6.29. The van der Waals surface area contributed by atoms with Crippen LogP contribution in [0.15, 0.2) is 42.6 Å². The van der Waals surface area contributed by atoms with Crippen LogP contribution in [0.5, 0.6) is 0 Å². The Morgan fingerprint density at radius 2 is 1.84 bits per heavy atom. The van der Waals surface area contributed by atoms with Gasteiger partial charge in [0.15, 0.2) is 0 Å². The number of rotatable bonds is 5. The van der Waals surface area contributed by atoms with E-state index in [0.717, 1.165) is 35.1 Å². The molecule has 0 radical (unpaired) electrons. The zero-order valence-electron chi connectivity index (χ0n) is 14.4. The minimum atomic E-state index is -0.269. The summed E-state index contributed by atoms with van der Waals surface area (Å²) in [6.07, 6.45) is 1.72. The highest BCUT2D eigenvalue weighted by atomic mass is 35.5. The molecule has 0 unspecified atom stereocenters. The van der Waals surface area contributed by atoms with Gasteiger partial charge in [0, 0.05) is 40.0 Å². The molecule has 0 saturated carbocycles. The van der Waals surface area contributed by atoms with E-state index in [4.69, 9.17) is 17.3 Å². The summed E-state index contributed by atoms with van der Waals surface area (Å²) < 4.78 is 14.4. The molecule has 0 saturated heterocycles. The third kappa shape index (κ3) is 3.46. The molecule has 5 heteroatoms. The Bertz CT molecular complexity index is 907. The van der Waals surface area contributed by atoms with Crippen LogP contribution in [0.4, 0.5) is 10.1 Å². The van der Waals surface area contributed by atoms with Crippen LogP contribution in [0.25, 0.3) is 22.0 Å². The molecule has 3 nitrogen and oxygen atoms in total. The van der Waals surface area contributed by atoms with E-state index in [9.17, 15) is 4.39 Å². The van der Waals surface area contributed by atoms with E-state index in [1.165, 1.54) is 6.07 Å². The maximum absolute atomic E-state index is 14.4. The van der Waals surface area contributed by atoms with Gasteiger partial charge in [-0.2, -0.15) is 0 Å². The van der Waals surface area contributed by atoms with Crippen molar-refractivity contribution in [3.63, 3.8) is 0 Å². The lowest BCUT2D eigenvalue weighted by Crippen LogP contribution is -2.23. The van der Waals surface area contributed by atoms with Gasteiger partial charge in [-0.3, -0.25) is 9.88 Å². The number of aromatic nitrogens is 1. The molecule has 0 fully saturated rings. The molecule has 3 aromatic rings. The molecule has 0 aliphatic carbocycles. The highest BCUT2D eigenvalue weighted by Crippen LogP contribution is 2.35. The lowest BCUT2D eigenvalue weighted by atomic mass is 9.96. The highest BCUT2D eigenvalue weighted by Gasteiger charge is 2.16. The molecular formula is C20H21ClFN3. The van der Waals surface area contributed by atoms with Gasteiger partial charge in [-0.15, -0.1) is 0 Å². The van der Waals surface area contributed by atoms with Crippen LogP contribution in [0.2, 0.25) is 5.02 Å². The number of pyridine rings is 1. The minimum Gasteiger partial charge on any atom is -0.398 e. The standard InChI is InChI=1S/C20H21ClFN3/c1-3-25(4-2)12-17-18(22)8-7-16(20(17)23)14-9-10-24-19-11-13(21)5-6-15(14)19/h5-11H,3-4,12,23H2,1-2H3. The second-order valence-corrected chi connectivity index (χ2v) is 6.40. The van der Waals surface area contributed by atoms with Crippen molar-refractivity contribution in [2.45, 2.75) is 20.4 Å². The molecule has 1 aromatic heterocycles. The molecule has 0 bridgehead atoms. The molecule has 2 aromatic carbocycles. The zero-order valence-corrected chi connectivity index (χ0v) is 15.1. The molecule has 0 amide bonds. The van der Waals surface area contributed by atoms with Gasteiger partial charge in [0.05, 0.1) is 5.52 Å². The molecule has 2 N–H and O–H groups in total. The summed E-state index contributed by atoms with van der Waals surface area (Å²) in [6, 6.07) is 10.7. The Morgan fingerprint density at radius 3 is 2.56 bits per heavy atom. The SMILES string of the molecule is CCN(CC)Cc1c(F)ccc(-c2ccnc3cc(Cl)ccc23)c1N. The average molecular weight is 358 g/mol. The third-order valence-corrected chi connectivity index (χ3v) is 4.81. The summed E-state index contributed by atoms with van der Waals surface area (Å²) in [5.74, 6) is -0.269. The normalized spacial score (nSPS) is 11.4. The van der Waals surface area contributed by atoms with E-state index in [-0.39, 0.29) is 5.82 Å². The monoisotopic (exact) mass is 357 g/mol. The Morgan fingerprint density at radius 1 is 1.08 bits per heavy atom. The molecule has 130 valence electrons. The first-order valence-electron chi connectivity index (χ1n) is 8.39. The first-order chi connectivity index (χ1) is 12.0. The highest BCUT2D eigenvalue weighted by molar-refractivity contribution is 6.31. The van der Waals surface area contributed by atoms with Crippen molar-refractivity contribution >= 4 is 28.2 Å². The van der Waals surface area contributed by atoms with E-state index in [0.29, 0.717) is 22.8 Å². The zero-order chi connectivity index (χ0) is 18.0. The topological polar surface area (TPSA) is 42.2 Å². The molecule has 3 rings (SSSR count). The van der Waals surface area contributed by atoms with Gasteiger partial charge in [-0.05, 0) is 49.0 Å². The molecule has 0 aliphatic heterocycles. The van der Waals surface area contributed by atoms with Crippen molar-refractivity contribution in [3.05, 3.63) is 59.0 Å². The smallest absolute Gasteiger partial charge is 0.129 e. The predicted octanol–water partition coefficient (Wildman–Crippen LogP) is 5.12. The first kappa shape index (κ1) is 17.6. The second kappa shape index (κ2) is 7.38. The number of nitrogens with zero attached hydrogens (tertiary/aromatic N) is 2. The minimum absolute atomic E-state index is 0.269. The fourth-order valence-corrected chi connectivity index (χ4v) is 3.23. The van der Waals surface area contributed by atoms with E-state index in [1.807, 2.05) is 24.3 Å². The van der Waals surface area contributed by atoms with Gasteiger partial charge < -0.3 is 5.73 Å². The first-order valence-corrected chi connectivity index (χ1v) is 8.76. The van der Waals surface area contributed by atoms with Gasteiger partial charge in [-0.25, -0.2) is 4.39 Å². The molecule has 25 heavy (non-hydrogen) atoms. The Labute approximate surface area is 152 Å². The Balaban J connectivity index is 2.16. The summed E-state index contributed by atoms with van der Waals surface area (Å²) in [5.41, 5.74) is 9.94. The van der Waals surface area contributed by atoms with E-state index in [2.05, 4.69) is 23.7 Å². The summed E-state index contributed by atoms with van der Waals surface area (Å²) >= 11 is 6.06.